The number of alkyl halides is 3. The molecule has 1 N–H and O–H groups in total. The molecule has 0 fully saturated rings. The number of hydrogen-bond donors (Lipinski definition) is 1. The van der Waals surface area contributed by atoms with Gasteiger partial charge >= 0.3 is 12.1 Å². The van der Waals surface area contributed by atoms with Crippen molar-refractivity contribution >= 4 is 16.9 Å². The molecule has 0 bridgehead atoms. The summed E-state index contributed by atoms with van der Waals surface area (Å²) in [7, 11) is 3.68. The zero-order valence-corrected chi connectivity index (χ0v) is 12.3. The van der Waals surface area contributed by atoms with Gasteiger partial charge in [0.15, 0.2) is 11.5 Å². The molecular formula is C14H12F3NO5. The summed E-state index contributed by atoms with van der Waals surface area (Å²) in [5, 5.41) is 8.54. The number of nitrogens with zero attached hydrogens (tertiary/aromatic N) is 1. The molecule has 2 rings (SSSR count). The lowest BCUT2D eigenvalue weighted by atomic mass is 10.0. The first kappa shape index (κ1) is 16.7. The van der Waals surface area contributed by atoms with Gasteiger partial charge in [0.1, 0.15) is 0 Å². The Hall–Kier alpha value is -2.71. The Balaban J connectivity index is 3.08. The predicted molar refractivity (Wildman–Crippen MR) is 73.4 cm³/mol. The minimum atomic E-state index is -4.93. The Kier molecular flexibility index (Phi) is 4.22. The summed E-state index contributed by atoms with van der Waals surface area (Å²) in [5.41, 5.74) is -2.46. The lowest BCUT2D eigenvalue weighted by Gasteiger charge is -2.18. The summed E-state index contributed by atoms with van der Waals surface area (Å²) in [6, 6.07) is 1.22. The third-order valence-corrected chi connectivity index (χ3v) is 3.18. The van der Waals surface area contributed by atoms with E-state index in [1.165, 1.54) is 20.3 Å². The largest absolute Gasteiger partial charge is 0.493 e. The average Bonchev–Trinajstić information content (AvgIpc) is 2.50. The lowest BCUT2D eigenvalue weighted by Crippen LogP contribution is -2.15. The first-order valence-corrected chi connectivity index (χ1v) is 6.18. The molecule has 0 unspecified atom stereocenters. The van der Waals surface area contributed by atoms with Gasteiger partial charge in [-0.3, -0.25) is 4.98 Å². The van der Waals surface area contributed by atoms with Crippen LogP contribution in [0.1, 0.15) is 15.9 Å². The molecule has 0 saturated heterocycles. The van der Waals surface area contributed by atoms with Crippen LogP contribution < -0.4 is 14.2 Å². The van der Waals surface area contributed by atoms with E-state index in [4.69, 9.17) is 19.3 Å². The van der Waals surface area contributed by atoms with Crippen molar-refractivity contribution in [1.29, 1.82) is 0 Å². The number of pyridine rings is 1. The van der Waals surface area contributed by atoms with E-state index in [1.54, 1.807) is 0 Å². The average molecular weight is 331 g/mol. The first-order chi connectivity index (χ1) is 10.8. The molecule has 0 radical (unpaired) electrons. The maximum Gasteiger partial charge on any atom is 0.418 e. The van der Waals surface area contributed by atoms with E-state index in [2.05, 4.69) is 4.98 Å². The van der Waals surface area contributed by atoms with E-state index in [9.17, 15) is 18.0 Å². The number of carboxylic acids is 1. The Labute approximate surface area is 128 Å². The Morgan fingerprint density at radius 2 is 1.74 bits per heavy atom. The second-order valence-corrected chi connectivity index (χ2v) is 4.39. The third kappa shape index (κ3) is 2.69. The first-order valence-electron chi connectivity index (χ1n) is 6.18. The molecule has 23 heavy (non-hydrogen) atoms. The SMILES string of the molecule is COc1cc2ncc(C(=O)O)c(C(F)(F)F)c2c(OC)c1OC. The number of fused-ring (bicyclic) bond motifs is 1. The number of hydrogen-bond acceptors (Lipinski definition) is 5. The van der Waals surface area contributed by atoms with Crippen molar-refractivity contribution in [3.05, 3.63) is 23.4 Å². The molecule has 0 aliphatic carbocycles. The molecule has 0 aliphatic rings. The van der Waals surface area contributed by atoms with Gasteiger partial charge in [-0.2, -0.15) is 13.2 Å². The van der Waals surface area contributed by atoms with Crippen molar-refractivity contribution < 1.29 is 37.3 Å². The fourth-order valence-electron chi connectivity index (χ4n) is 2.28. The van der Waals surface area contributed by atoms with Crippen LogP contribution in [-0.4, -0.2) is 37.4 Å². The van der Waals surface area contributed by atoms with Crippen molar-refractivity contribution in [3.63, 3.8) is 0 Å². The molecular weight excluding hydrogens is 319 g/mol. The van der Waals surface area contributed by atoms with E-state index in [1.807, 2.05) is 0 Å². The molecule has 9 heteroatoms. The Bertz CT molecular complexity index is 773. The maximum atomic E-state index is 13.5. The molecule has 1 aromatic heterocycles. The van der Waals surface area contributed by atoms with Gasteiger partial charge in [0.05, 0.1) is 43.4 Å². The van der Waals surface area contributed by atoms with Crippen molar-refractivity contribution in [1.82, 2.24) is 4.98 Å². The van der Waals surface area contributed by atoms with Gasteiger partial charge in [-0.25, -0.2) is 4.79 Å². The normalized spacial score (nSPS) is 11.4. The van der Waals surface area contributed by atoms with E-state index in [0.29, 0.717) is 6.20 Å². The van der Waals surface area contributed by atoms with Gasteiger partial charge in [0.25, 0.3) is 0 Å². The van der Waals surface area contributed by atoms with Crippen LogP contribution in [0.25, 0.3) is 10.9 Å². The minimum absolute atomic E-state index is 0.0858. The highest BCUT2D eigenvalue weighted by atomic mass is 19.4. The summed E-state index contributed by atoms with van der Waals surface area (Å²) >= 11 is 0. The van der Waals surface area contributed by atoms with Gasteiger partial charge in [-0.1, -0.05) is 0 Å². The highest BCUT2D eigenvalue weighted by Crippen LogP contribution is 2.48. The molecule has 6 nitrogen and oxygen atoms in total. The second-order valence-electron chi connectivity index (χ2n) is 4.39. The van der Waals surface area contributed by atoms with E-state index in [-0.39, 0.29) is 22.8 Å². The summed E-state index contributed by atoms with van der Waals surface area (Å²) < 4.78 is 55.5. The molecule has 124 valence electrons. The zero-order chi connectivity index (χ0) is 17.4. The Morgan fingerprint density at radius 3 is 2.17 bits per heavy atom. The van der Waals surface area contributed by atoms with Crippen LogP contribution in [0.2, 0.25) is 0 Å². The van der Waals surface area contributed by atoms with Crippen molar-refractivity contribution in [2.24, 2.45) is 0 Å². The van der Waals surface area contributed by atoms with E-state index >= 15 is 0 Å². The molecule has 0 saturated carbocycles. The zero-order valence-electron chi connectivity index (χ0n) is 12.3. The number of ether oxygens (including phenoxy) is 3. The minimum Gasteiger partial charge on any atom is -0.493 e. The number of halogens is 3. The fraction of sp³-hybridized carbons (Fsp3) is 0.286. The molecule has 1 aromatic carbocycles. The molecule has 0 atom stereocenters. The van der Waals surface area contributed by atoms with Crippen LogP contribution >= 0.6 is 0 Å². The van der Waals surface area contributed by atoms with Crippen molar-refractivity contribution in [3.8, 4) is 17.2 Å². The third-order valence-electron chi connectivity index (χ3n) is 3.18. The van der Waals surface area contributed by atoms with Crippen molar-refractivity contribution in [2.45, 2.75) is 6.18 Å². The van der Waals surface area contributed by atoms with E-state index < -0.39 is 28.7 Å². The summed E-state index contributed by atoms with van der Waals surface area (Å²) in [6.07, 6.45) is -4.28. The lowest BCUT2D eigenvalue weighted by molar-refractivity contribution is -0.136. The molecule has 0 amide bonds. The molecule has 1 heterocycles. The van der Waals surface area contributed by atoms with Crippen molar-refractivity contribution in [2.75, 3.05) is 21.3 Å². The van der Waals surface area contributed by atoms with Crippen LogP contribution in [0.5, 0.6) is 17.2 Å². The predicted octanol–water partition coefficient (Wildman–Crippen LogP) is 2.98. The van der Waals surface area contributed by atoms with Gasteiger partial charge in [0, 0.05) is 12.3 Å². The van der Waals surface area contributed by atoms with Crippen LogP contribution in [0.3, 0.4) is 0 Å². The van der Waals surface area contributed by atoms with Crippen LogP contribution in [-0.2, 0) is 6.18 Å². The molecule has 0 spiro atoms. The summed E-state index contributed by atoms with van der Waals surface area (Å²) in [4.78, 5) is 14.9. The topological polar surface area (TPSA) is 77.9 Å². The molecule has 0 aliphatic heterocycles. The quantitative estimate of drug-likeness (QED) is 0.928. The highest BCUT2D eigenvalue weighted by molar-refractivity contribution is 6.00. The molecule has 2 aromatic rings. The van der Waals surface area contributed by atoms with E-state index in [0.717, 1.165) is 7.11 Å². The highest BCUT2D eigenvalue weighted by Gasteiger charge is 2.40. The van der Waals surface area contributed by atoms with Crippen LogP contribution in [0.4, 0.5) is 13.2 Å². The monoisotopic (exact) mass is 331 g/mol. The number of aromatic carboxylic acids is 1. The summed E-state index contributed by atoms with van der Waals surface area (Å²) in [6.45, 7) is 0. The standard InChI is InChI=1S/C14H12F3NO5/c1-21-8-4-7-9(12(23-3)11(8)22-2)10(14(15,16)17)6(5-18-7)13(19)20/h4-5H,1-3H3,(H,19,20). The smallest absolute Gasteiger partial charge is 0.418 e. The fourth-order valence-corrected chi connectivity index (χ4v) is 2.28. The number of benzene rings is 1. The summed E-state index contributed by atoms with van der Waals surface area (Å²) in [5.74, 6) is -2.02. The van der Waals surface area contributed by atoms with Gasteiger partial charge in [0.2, 0.25) is 5.75 Å². The van der Waals surface area contributed by atoms with Crippen LogP contribution in [0, 0.1) is 0 Å². The Morgan fingerprint density at radius 1 is 1.13 bits per heavy atom. The number of carboxylic acid groups (broad SMARTS) is 1. The van der Waals surface area contributed by atoms with Gasteiger partial charge < -0.3 is 19.3 Å². The number of rotatable bonds is 4. The second kappa shape index (κ2) is 5.82. The maximum absolute atomic E-state index is 13.5. The van der Waals surface area contributed by atoms with Crippen LogP contribution in [0.15, 0.2) is 12.3 Å². The van der Waals surface area contributed by atoms with Gasteiger partial charge in [-0.05, 0) is 0 Å². The number of methoxy groups -OCH3 is 3. The van der Waals surface area contributed by atoms with Gasteiger partial charge in [-0.15, -0.1) is 0 Å². The number of aromatic nitrogens is 1. The number of carbonyl (C=O) groups is 1.